The van der Waals surface area contributed by atoms with E-state index in [4.69, 9.17) is 14.5 Å². The molecule has 0 saturated carbocycles. The summed E-state index contributed by atoms with van der Waals surface area (Å²) in [5, 5.41) is 6.71. The van der Waals surface area contributed by atoms with Crippen molar-refractivity contribution in [1.29, 1.82) is 0 Å². The molecule has 0 amide bonds. The molecule has 2 aromatic rings. The molecule has 0 saturated heterocycles. The van der Waals surface area contributed by atoms with E-state index in [-0.39, 0.29) is 0 Å². The summed E-state index contributed by atoms with van der Waals surface area (Å²) in [7, 11) is 1.71. The zero-order valence-corrected chi connectivity index (χ0v) is 16.6. The second-order valence-corrected chi connectivity index (χ2v) is 6.09. The third-order valence-corrected chi connectivity index (χ3v) is 4.21. The minimum atomic E-state index is 0.618. The highest BCUT2D eigenvalue weighted by molar-refractivity contribution is 5.79. The van der Waals surface area contributed by atoms with Crippen LogP contribution in [0.3, 0.4) is 0 Å². The SMILES string of the molecule is CCNC(=NCc1ccccc1COCC)NCCc1ccccc1OC. The van der Waals surface area contributed by atoms with Gasteiger partial charge in [-0.05, 0) is 43.0 Å². The number of hydrogen-bond acceptors (Lipinski definition) is 3. The van der Waals surface area contributed by atoms with Crippen LogP contribution in [0.25, 0.3) is 0 Å². The predicted octanol–water partition coefficient (Wildman–Crippen LogP) is 3.53. The maximum atomic E-state index is 5.56. The van der Waals surface area contributed by atoms with Crippen molar-refractivity contribution in [2.24, 2.45) is 4.99 Å². The van der Waals surface area contributed by atoms with Gasteiger partial charge in [0.25, 0.3) is 0 Å². The van der Waals surface area contributed by atoms with Crippen molar-refractivity contribution in [3.8, 4) is 5.75 Å². The summed E-state index contributed by atoms with van der Waals surface area (Å²) in [5.41, 5.74) is 3.56. The molecular formula is C22H31N3O2. The summed E-state index contributed by atoms with van der Waals surface area (Å²) in [5.74, 6) is 1.74. The topological polar surface area (TPSA) is 54.9 Å². The van der Waals surface area contributed by atoms with Gasteiger partial charge in [0.1, 0.15) is 5.75 Å². The number of benzene rings is 2. The summed E-state index contributed by atoms with van der Waals surface area (Å²) in [6.07, 6.45) is 0.870. The first-order valence-electron chi connectivity index (χ1n) is 9.57. The van der Waals surface area contributed by atoms with Crippen LogP contribution in [-0.4, -0.2) is 32.8 Å². The van der Waals surface area contributed by atoms with E-state index < -0.39 is 0 Å². The van der Waals surface area contributed by atoms with Crippen LogP contribution in [0.2, 0.25) is 0 Å². The Morgan fingerprint density at radius 3 is 2.33 bits per heavy atom. The molecule has 0 spiro atoms. The van der Waals surface area contributed by atoms with Gasteiger partial charge < -0.3 is 20.1 Å². The van der Waals surface area contributed by atoms with E-state index in [1.54, 1.807) is 7.11 Å². The first-order valence-corrected chi connectivity index (χ1v) is 9.57. The molecule has 5 heteroatoms. The molecule has 2 rings (SSSR count). The second kappa shape index (κ2) is 12.0. The average Bonchev–Trinajstić information content (AvgIpc) is 2.71. The molecule has 0 aliphatic heterocycles. The van der Waals surface area contributed by atoms with Crippen molar-refractivity contribution in [3.63, 3.8) is 0 Å². The molecular weight excluding hydrogens is 338 g/mol. The van der Waals surface area contributed by atoms with Crippen molar-refractivity contribution >= 4 is 5.96 Å². The number of rotatable bonds is 10. The zero-order valence-electron chi connectivity index (χ0n) is 16.6. The highest BCUT2D eigenvalue weighted by Crippen LogP contribution is 2.17. The second-order valence-electron chi connectivity index (χ2n) is 6.09. The van der Waals surface area contributed by atoms with Crippen LogP contribution in [0.15, 0.2) is 53.5 Å². The standard InChI is InChI=1S/C22H31N3O2/c1-4-23-22(24-15-14-18-10-8-9-13-21(18)26-3)25-16-19-11-6-7-12-20(19)17-27-5-2/h6-13H,4-5,14-17H2,1-3H3,(H2,23,24,25). The lowest BCUT2D eigenvalue weighted by Crippen LogP contribution is -2.38. The van der Waals surface area contributed by atoms with Gasteiger partial charge >= 0.3 is 0 Å². The highest BCUT2D eigenvalue weighted by Gasteiger charge is 2.04. The van der Waals surface area contributed by atoms with Crippen LogP contribution >= 0.6 is 0 Å². The third-order valence-electron chi connectivity index (χ3n) is 4.21. The van der Waals surface area contributed by atoms with Crippen LogP contribution in [0.5, 0.6) is 5.75 Å². The van der Waals surface area contributed by atoms with Crippen molar-refractivity contribution < 1.29 is 9.47 Å². The first-order chi connectivity index (χ1) is 13.3. The average molecular weight is 370 g/mol. The fourth-order valence-corrected chi connectivity index (χ4v) is 2.80. The van der Waals surface area contributed by atoms with Gasteiger partial charge in [0.05, 0.1) is 20.3 Å². The van der Waals surface area contributed by atoms with Gasteiger partial charge in [0, 0.05) is 19.7 Å². The number of hydrogen-bond donors (Lipinski definition) is 2. The maximum absolute atomic E-state index is 5.56. The molecule has 0 radical (unpaired) electrons. The molecule has 2 aromatic carbocycles. The Labute approximate surface area is 162 Å². The summed E-state index contributed by atoms with van der Waals surface area (Å²) in [4.78, 5) is 4.73. The minimum Gasteiger partial charge on any atom is -0.496 e. The molecule has 0 aliphatic rings. The van der Waals surface area contributed by atoms with Crippen LogP contribution in [-0.2, 0) is 24.3 Å². The minimum absolute atomic E-state index is 0.618. The van der Waals surface area contributed by atoms with Crippen LogP contribution in [0.4, 0.5) is 0 Å². The monoisotopic (exact) mass is 369 g/mol. The van der Waals surface area contributed by atoms with E-state index >= 15 is 0 Å². The van der Waals surface area contributed by atoms with E-state index in [0.29, 0.717) is 19.8 Å². The largest absolute Gasteiger partial charge is 0.496 e. The first kappa shape index (κ1) is 20.8. The molecule has 0 heterocycles. The number of nitrogens with one attached hydrogen (secondary N) is 2. The molecule has 0 aromatic heterocycles. The fraction of sp³-hybridized carbons (Fsp3) is 0.409. The molecule has 27 heavy (non-hydrogen) atoms. The molecule has 5 nitrogen and oxygen atoms in total. The molecule has 0 unspecified atom stereocenters. The van der Waals surface area contributed by atoms with Gasteiger partial charge in [-0.25, -0.2) is 4.99 Å². The van der Waals surface area contributed by atoms with Gasteiger partial charge in [-0.3, -0.25) is 0 Å². The lowest BCUT2D eigenvalue weighted by Gasteiger charge is -2.13. The maximum Gasteiger partial charge on any atom is 0.191 e. The Morgan fingerprint density at radius 1 is 0.926 bits per heavy atom. The van der Waals surface area contributed by atoms with E-state index in [9.17, 15) is 0 Å². The molecule has 0 bridgehead atoms. The Kier molecular flexibility index (Phi) is 9.21. The van der Waals surface area contributed by atoms with Crippen LogP contribution < -0.4 is 15.4 Å². The van der Waals surface area contributed by atoms with Crippen LogP contribution in [0, 0.1) is 0 Å². The van der Waals surface area contributed by atoms with Gasteiger partial charge in [-0.1, -0.05) is 42.5 Å². The Hall–Kier alpha value is -2.53. The van der Waals surface area contributed by atoms with Gasteiger partial charge in [0.2, 0.25) is 0 Å². The number of ether oxygens (including phenoxy) is 2. The van der Waals surface area contributed by atoms with Gasteiger partial charge in [0.15, 0.2) is 5.96 Å². The number of para-hydroxylation sites is 1. The van der Waals surface area contributed by atoms with Crippen molar-refractivity contribution in [2.75, 3.05) is 26.8 Å². The lowest BCUT2D eigenvalue weighted by molar-refractivity contribution is 0.133. The number of methoxy groups -OCH3 is 1. The summed E-state index contributed by atoms with van der Waals surface area (Å²) in [6.45, 7) is 7.64. The number of nitrogens with zero attached hydrogens (tertiary/aromatic N) is 1. The Morgan fingerprint density at radius 2 is 1.63 bits per heavy atom. The lowest BCUT2D eigenvalue weighted by atomic mass is 10.1. The number of aliphatic imine (C=N–C) groups is 1. The van der Waals surface area contributed by atoms with Crippen molar-refractivity contribution in [3.05, 3.63) is 65.2 Å². The summed E-state index contributed by atoms with van der Waals surface area (Å²) >= 11 is 0. The molecule has 2 N–H and O–H groups in total. The molecule has 0 atom stereocenters. The van der Waals surface area contributed by atoms with Crippen molar-refractivity contribution in [2.45, 2.75) is 33.4 Å². The third kappa shape index (κ3) is 6.94. The predicted molar refractivity (Wildman–Crippen MR) is 111 cm³/mol. The molecule has 0 aliphatic carbocycles. The van der Waals surface area contributed by atoms with Gasteiger partial charge in [-0.15, -0.1) is 0 Å². The Balaban J connectivity index is 1.96. The molecule has 146 valence electrons. The normalized spacial score (nSPS) is 11.3. The summed E-state index contributed by atoms with van der Waals surface area (Å²) in [6, 6.07) is 16.4. The Bertz CT molecular complexity index is 716. The molecule has 0 fully saturated rings. The van der Waals surface area contributed by atoms with Gasteiger partial charge in [-0.2, -0.15) is 0 Å². The smallest absolute Gasteiger partial charge is 0.191 e. The van der Waals surface area contributed by atoms with E-state index in [1.165, 1.54) is 16.7 Å². The van der Waals surface area contributed by atoms with E-state index in [1.807, 2.05) is 37.3 Å². The zero-order chi connectivity index (χ0) is 19.3. The highest BCUT2D eigenvalue weighted by atomic mass is 16.5. The van der Waals surface area contributed by atoms with E-state index in [0.717, 1.165) is 31.2 Å². The quantitative estimate of drug-likeness (QED) is 0.497. The number of guanidine groups is 1. The van der Waals surface area contributed by atoms with Crippen LogP contribution in [0.1, 0.15) is 30.5 Å². The van der Waals surface area contributed by atoms with E-state index in [2.05, 4.69) is 35.8 Å². The summed E-state index contributed by atoms with van der Waals surface area (Å²) < 4.78 is 11.0. The fourth-order valence-electron chi connectivity index (χ4n) is 2.80. The van der Waals surface area contributed by atoms with Crippen molar-refractivity contribution in [1.82, 2.24) is 10.6 Å².